The predicted molar refractivity (Wildman–Crippen MR) is 84.7 cm³/mol. The van der Waals surface area contributed by atoms with Crippen LogP contribution in [0.1, 0.15) is 50.6 Å². The predicted octanol–water partition coefficient (Wildman–Crippen LogP) is 3.84. The fraction of sp³-hybridized carbons (Fsp3) is 0.625. The average Bonchev–Trinajstić information content (AvgIpc) is 2.47. The Kier molecular flexibility index (Phi) is 5.42. The van der Waals surface area contributed by atoms with Crippen LogP contribution in [0.5, 0.6) is 0 Å². The number of hydrogen-bond acceptors (Lipinski definition) is 3. The monoisotopic (exact) mass is 295 g/mol. The maximum atomic E-state index is 12.3. The third-order valence-electron chi connectivity index (χ3n) is 4.28. The van der Waals surface area contributed by atoms with E-state index in [9.17, 15) is 4.57 Å². The summed E-state index contributed by atoms with van der Waals surface area (Å²) in [5, 5.41) is 0.777. The zero-order valence-electron chi connectivity index (χ0n) is 12.5. The van der Waals surface area contributed by atoms with Crippen LogP contribution in [-0.4, -0.2) is 13.3 Å². The topological polar surface area (TPSA) is 52.3 Å². The molecule has 4 heteroatoms. The van der Waals surface area contributed by atoms with E-state index in [4.69, 9.17) is 10.3 Å². The molecule has 0 bridgehead atoms. The van der Waals surface area contributed by atoms with Crippen LogP contribution in [0.25, 0.3) is 0 Å². The minimum atomic E-state index is -2.67. The lowest BCUT2D eigenvalue weighted by Crippen LogP contribution is -2.23. The van der Waals surface area contributed by atoms with E-state index in [1.807, 2.05) is 31.2 Å². The molecule has 1 aromatic carbocycles. The van der Waals surface area contributed by atoms with E-state index in [0.717, 1.165) is 10.9 Å². The second-order valence-corrected chi connectivity index (χ2v) is 8.25. The maximum absolute atomic E-state index is 12.3. The molecule has 1 unspecified atom stereocenters. The van der Waals surface area contributed by atoms with E-state index >= 15 is 0 Å². The van der Waals surface area contributed by atoms with Gasteiger partial charge in [-0.05, 0) is 43.4 Å². The van der Waals surface area contributed by atoms with Gasteiger partial charge in [0.1, 0.15) is 0 Å². The van der Waals surface area contributed by atoms with Crippen molar-refractivity contribution in [1.82, 2.24) is 0 Å². The summed E-state index contributed by atoms with van der Waals surface area (Å²) in [7, 11) is -2.67. The Morgan fingerprint density at radius 2 is 1.85 bits per heavy atom. The third-order valence-corrected chi connectivity index (χ3v) is 6.27. The van der Waals surface area contributed by atoms with Crippen molar-refractivity contribution in [3.8, 4) is 0 Å². The van der Waals surface area contributed by atoms with E-state index in [-0.39, 0.29) is 6.04 Å². The summed E-state index contributed by atoms with van der Waals surface area (Å²) in [4.78, 5) is 0. The molecule has 112 valence electrons. The number of benzene rings is 1. The van der Waals surface area contributed by atoms with Crippen molar-refractivity contribution in [3.63, 3.8) is 0 Å². The smallest absolute Gasteiger partial charge is 0.229 e. The van der Waals surface area contributed by atoms with Crippen LogP contribution in [0.3, 0.4) is 0 Å². The standard InChI is InChI=1S/C16H26NO2P/c1-3-19-20(2,18)15-11-9-14(10-12-15)16(17)13-7-5-4-6-8-13/h9-13,16H,3-8,17H2,1-2H3/t16-,20?/m1/s1. The molecule has 1 saturated carbocycles. The summed E-state index contributed by atoms with van der Waals surface area (Å²) in [6.07, 6.45) is 6.40. The van der Waals surface area contributed by atoms with Crippen molar-refractivity contribution in [1.29, 1.82) is 0 Å². The second-order valence-electron chi connectivity index (χ2n) is 5.78. The highest BCUT2D eigenvalue weighted by Crippen LogP contribution is 2.41. The van der Waals surface area contributed by atoms with E-state index in [1.54, 1.807) is 6.66 Å². The van der Waals surface area contributed by atoms with Crippen LogP contribution >= 0.6 is 7.37 Å². The van der Waals surface area contributed by atoms with Crippen LogP contribution in [0, 0.1) is 5.92 Å². The minimum absolute atomic E-state index is 0.104. The molecular weight excluding hydrogens is 269 g/mol. The van der Waals surface area contributed by atoms with Gasteiger partial charge in [0.2, 0.25) is 7.37 Å². The fourth-order valence-corrected chi connectivity index (χ4v) is 4.39. The first-order valence-corrected chi connectivity index (χ1v) is 9.70. The molecule has 0 saturated heterocycles. The van der Waals surface area contributed by atoms with Crippen molar-refractivity contribution in [2.45, 2.75) is 45.1 Å². The zero-order valence-corrected chi connectivity index (χ0v) is 13.4. The Balaban J connectivity index is 2.09. The van der Waals surface area contributed by atoms with Gasteiger partial charge in [0, 0.05) is 18.0 Å². The average molecular weight is 295 g/mol. The van der Waals surface area contributed by atoms with Gasteiger partial charge < -0.3 is 10.3 Å². The maximum Gasteiger partial charge on any atom is 0.229 e. The molecule has 0 radical (unpaired) electrons. The van der Waals surface area contributed by atoms with Crippen molar-refractivity contribution in [3.05, 3.63) is 29.8 Å². The summed E-state index contributed by atoms with van der Waals surface area (Å²) in [5.41, 5.74) is 7.54. The number of nitrogens with two attached hydrogens (primary N) is 1. The van der Waals surface area contributed by atoms with Crippen LogP contribution < -0.4 is 11.0 Å². The molecular formula is C16H26NO2P. The van der Waals surface area contributed by atoms with Crippen LogP contribution in [0.15, 0.2) is 24.3 Å². The van der Waals surface area contributed by atoms with Gasteiger partial charge in [-0.15, -0.1) is 0 Å². The van der Waals surface area contributed by atoms with Gasteiger partial charge in [-0.2, -0.15) is 0 Å². The first kappa shape index (κ1) is 15.8. The molecule has 2 atom stereocenters. The second kappa shape index (κ2) is 6.89. The number of hydrogen-bond donors (Lipinski definition) is 1. The highest BCUT2D eigenvalue weighted by Gasteiger charge is 2.23. The number of rotatable bonds is 5. The van der Waals surface area contributed by atoms with Crippen molar-refractivity contribution < 1.29 is 9.09 Å². The molecule has 0 aliphatic heterocycles. The molecule has 2 N–H and O–H groups in total. The van der Waals surface area contributed by atoms with Gasteiger partial charge in [0.05, 0.1) is 6.61 Å². The lowest BCUT2D eigenvalue weighted by atomic mass is 9.81. The highest BCUT2D eigenvalue weighted by atomic mass is 31.2. The Morgan fingerprint density at radius 3 is 2.40 bits per heavy atom. The van der Waals surface area contributed by atoms with Crippen LogP contribution in [0.2, 0.25) is 0 Å². The summed E-state index contributed by atoms with van der Waals surface area (Å²) in [5.74, 6) is 0.593. The van der Waals surface area contributed by atoms with E-state index < -0.39 is 7.37 Å². The largest absolute Gasteiger partial charge is 0.326 e. The molecule has 0 aromatic heterocycles. The Morgan fingerprint density at radius 1 is 1.25 bits per heavy atom. The van der Waals surface area contributed by atoms with E-state index in [1.165, 1.54) is 32.1 Å². The normalized spacial score (nSPS) is 21.4. The Labute approximate surface area is 122 Å². The zero-order chi connectivity index (χ0) is 14.6. The summed E-state index contributed by atoms with van der Waals surface area (Å²) >= 11 is 0. The Hall–Kier alpha value is -0.630. The van der Waals surface area contributed by atoms with E-state index in [0.29, 0.717) is 12.5 Å². The molecule has 0 heterocycles. The minimum Gasteiger partial charge on any atom is -0.326 e. The molecule has 20 heavy (non-hydrogen) atoms. The van der Waals surface area contributed by atoms with Gasteiger partial charge in [-0.25, -0.2) is 0 Å². The lowest BCUT2D eigenvalue weighted by Gasteiger charge is -2.28. The first-order chi connectivity index (χ1) is 9.54. The molecule has 3 nitrogen and oxygen atoms in total. The quantitative estimate of drug-likeness (QED) is 0.840. The summed E-state index contributed by atoms with van der Waals surface area (Å²) in [6.45, 7) is 4.01. The lowest BCUT2D eigenvalue weighted by molar-refractivity contribution is 0.308. The molecule has 2 rings (SSSR count). The molecule has 0 amide bonds. The SMILES string of the molecule is CCOP(C)(=O)c1ccc([C@H](N)C2CCCCC2)cc1. The van der Waals surface area contributed by atoms with Crippen LogP contribution in [0.4, 0.5) is 0 Å². The van der Waals surface area contributed by atoms with E-state index in [2.05, 4.69) is 0 Å². The van der Waals surface area contributed by atoms with Crippen LogP contribution in [-0.2, 0) is 9.09 Å². The van der Waals surface area contributed by atoms with Crippen molar-refractivity contribution >= 4 is 12.7 Å². The van der Waals surface area contributed by atoms with Gasteiger partial charge in [0.25, 0.3) is 0 Å². The van der Waals surface area contributed by atoms with Gasteiger partial charge in [0.15, 0.2) is 0 Å². The molecule has 0 spiro atoms. The fourth-order valence-electron chi connectivity index (χ4n) is 3.05. The summed E-state index contributed by atoms with van der Waals surface area (Å²) in [6, 6.07) is 7.96. The molecule has 1 aliphatic carbocycles. The van der Waals surface area contributed by atoms with Gasteiger partial charge in [-0.3, -0.25) is 4.57 Å². The Bertz CT molecular complexity index is 466. The first-order valence-electron chi connectivity index (χ1n) is 7.62. The highest BCUT2D eigenvalue weighted by molar-refractivity contribution is 7.66. The van der Waals surface area contributed by atoms with Gasteiger partial charge in [-0.1, -0.05) is 31.4 Å². The van der Waals surface area contributed by atoms with Crippen molar-refractivity contribution in [2.24, 2.45) is 11.7 Å². The third kappa shape index (κ3) is 3.72. The van der Waals surface area contributed by atoms with Gasteiger partial charge >= 0.3 is 0 Å². The molecule has 1 aliphatic rings. The molecule has 1 aromatic rings. The van der Waals surface area contributed by atoms with Crippen molar-refractivity contribution in [2.75, 3.05) is 13.3 Å². The molecule has 1 fully saturated rings. The summed E-state index contributed by atoms with van der Waals surface area (Å²) < 4.78 is 17.7.